The maximum Gasteiger partial charge on any atom is 0.409 e. The molecule has 1 aromatic carbocycles. The van der Waals surface area contributed by atoms with Crippen molar-refractivity contribution in [2.45, 2.75) is 39.5 Å². The van der Waals surface area contributed by atoms with Crippen LogP contribution in [0, 0.1) is 5.92 Å². The summed E-state index contributed by atoms with van der Waals surface area (Å²) in [5.74, 6) is 0.561. The van der Waals surface area contributed by atoms with Crippen LogP contribution in [0.5, 0.6) is 0 Å². The minimum absolute atomic E-state index is 0.0394. The molecule has 1 aliphatic carbocycles. The van der Waals surface area contributed by atoms with E-state index in [4.69, 9.17) is 21.3 Å². The molecule has 0 radical (unpaired) electrons. The molecule has 160 valence electrons. The standard InChI is InChI=1S/C23H28ClN3O3/c1-3-12-30-23(29)27-10-8-26(9-11-27)22(28)16-5-7-18-20(14-16)25-19-13-15(2)4-6-17(19)21(18)24/h5,7,14-15H,3-4,6,8-13H2,1-2H3. The summed E-state index contributed by atoms with van der Waals surface area (Å²) in [4.78, 5) is 33.4. The summed E-state index contributed by atoms with van der Waals surface area (Å²) in [6.45, 7) is 6.58. The number of carbonyl (C=O) groups is 2. The average molecular weight is 430 g/mol. The molecule has 7 heteroatoms. The van der Waals surface area contributed by atoms with Gasteiger partial charge in [0, 0.05) is 42.8 Å². The number of aromatic nitrogens is 1. The zero-order valence-electron chi connectivity index (χ0n) is 17.6. The molecule has 30 heavy (non-hydrogen) atoms. The normalized spacial score (nSPS) is 19.0. The first-order chi connectivity index (χ1) is 14.5. The SMILES string of the molecule is CCCOC(=O)N1CCN(C(=O)c2ccc3c(Cl)c4c(nc3c2)CC(C)CC4)CC1. The molecule has 2 heterocycles. The largest absolute Gasteiger partial charge is 0.449 e. The molecule has 0 N–H and O–H groups in total. The summed E-state index contributed by atoms with van der Waals surface area (Å²) in [5, 5.41) is 1.69. The Hall–Kier alpha value is -2.34. The second-order valence-electron chi connectivity index (χ2n) is 8.32. The zero-order chi connectivity index (χ0) is 21.3. The quantitative estimate of drug-likeness (QED) is 0.729. The van der Waals surface area contributed by atoms with Crippen LogP contribution < -0.4 is 0 Å². The van der Waals surface area contributed by atoms with Gasteiger partial charge in [0.15, 0.2) is 0 Å². The van der Waals surface area contributed by atoms with E-state index >= 15 is 0 Å². The molecule has 1 fully saturated rings. The van der Waals surface area contributed by atoms with Crippen molar-refractivity contribution >= 4 is 34.5 Å². The Bertz CT molecular complexity index is 970. The number of amides is 2. The number of ether oxygens (including phenoxy) is 1. The highest BCUT2D eigenvalue weighted by atomic mass is 35.5. The number of pyridine rings is 1. The van der Waals surface area contributed by atoms with Crippen LogP contribution in [0.25, 0.3) is 10.9 Å². The highest BCUT2D eigenvalue weighted by molar-refractivity contribution is 6.36. The van der Waals surface area contributed by atoms with Crippen LogP contribution in [-0.4, -0.2) is 59.6 Å². The Morgan fingerprint density at radius 1 is 1.20 bits per heavy atom. The number of piperazine rings is 1. The number of rotatable bonds is 3. The topological polar surface area (TPSA) is 62.7 Å². The predicted molar refractivity (Wildman–Crippen MR) is 117 cm³/mol. The van der Waals surface area contributed by atoms with Crippen molar-refractivity contribution in [1.29, 1.82) is 0 Å². The summed E-state index contributed by atoms with van der Waals surface area (Å²) >= 11 is 6.69. The molecule has 4 rings (SSSR count). The molecule has 2 aliphatic rings. The first-order valence-corrected chi connectivity index (χ1v) is 11.2. The molecule has 0 bridgehead atoms. The van der Waals surface area contributed by atoms with Gasteiger partial charge in [0.25, 0.3) is 5.91 Å². The summed E-state index contributed by atoms with van der Waals surface area (Å²) < 4.78 is 5.19. The number of halogens is 1. The molecule has 0 saturated carbocycles. The van der Waals surface area contributed by atoms with Crippen molar-refractivity contribution in [3.05, 3.63) is 40.0 Å². The highest BCUT2D eigenvalue weighted by Gasteiger charge is 2.26. The number of hydrogen-bond donors (Lipinski definition) is 0. The van der Waals surface area contributed by atoms with Crippen molar-refractivity contribution in [3.8, 4) is 0 Å². The molecule has 1 atom stereocenters. The average Bonchev–Trinajstić information content (AvgIpc) is 2.76. The van der Waals surface area contributed by atoms with Gasteiger partial charge in [-0.3, -0.25) is 9.78 Å². The van der Waals surface area contributed by atoms with E-state index in [9.17, 15) is 9.59 Å². The highest BCUT2D eigenvalue weighted by Crippen LogP contribution is 2.34. The Labute approximate surface area is 182 Å². The molecule has 6 nitrogen and oxygen atoms in total. The van der Waals surface area contributed by atoms with E-state index in [0.717, 1.165) is 52.9 Å². The Morgan fingerprint density at radius 2 is 1.93 bits per heavy atom. The Balaban J connectivity index is 1.50. The van der Waals surface area contributed by atoms with Crippen LogP contribution in [0.1, 0.15) is 48.3 Å². The van der Waals surface area contributed by atoms with Crippen molar-refractivity contribution in [3.63, 3.8) is 0 Å². The van der Waals surface area contributed by atoms with Gasteiger partial charge in [-0.25, -0.2) is 4.79 Å². The van der Waals surface area contributed by atoms with Gasteiger partial charge in [-0.05, 0) is 49.3 Å². The molecule has 1 aromatic heterocycles. The predicted octanol–water partition coefficient (Wildman–Crippen LogP) is 4.32. The third-order valence-corrected chi connectivity index (χ3v) is 6.47. The summed E-state index contributed by atoms with van der Waals surface area (Å²) in [6, 6.07) is 5.59. The lowest BCUT2D eigenvalue weighted by Crippen LogP contribution is -2.50. The maximum absolute atomic E-state index is 13.0. The minimum Gasteiger partial charge on any atom is -0.449 e. The smallest absolute Gasteiger partial charge is 0.409 e. The van der Waals surface area contributed by atoms with E-state index < -0.39 is 0 Å². The summed E-state index contributed by atoms with van der Waals surface area (Å²) in [7, 11) is 0. The molecular weight excluding hydrogens is 402 g/mol. The molecule has 1 unspecified atom stereocenters. The molecule has 1 aliphatic heterocycles. The fourth-order valence-electron chi connectivity index (χ4n) is 4.25. The lowest BCUT2D eigenvalue weighted by Gasteiger charge is -2.34. The van der Waals surface area contributed by atoms with Crippen molar-refractivity contribution < 1.29 is 14.3 Å². The van der Waals surface area contributed by atoms with Gasteiger partial charge in [0.1, 0.15) is 0 Å². The molecule has 1 saturated heterocycles. The monoisotopic (exact) mass is 429 g/mol. The lowest BCUT2D eigenvalue weighted by atomic mass is 9.87. The van der Waals surface area contributed by atoms with Crippen LogP contribution >= 0.6 is 11.6 Å². The van der Waals surface area contributed by atoms with E-state index in [1.807, 2.05) is 25.1 Å². The molecular formula is C23H28ClN3O3. The number of fused-ring (bicyclic) bond motifs is 2. The van der Waals surface area contributed by atoms with Crippen LogP contribution in [-0.2, 0) is 17.6 Å². The van der Waals surface area contributed by atoms with Crippen LogP contribution in [0.15, 0.2) is 18.2 Å². The third kappa shape index (κ3) is 4.10. The second-order valence-corrected chi connectivity index (χ2v) is 8.70. The summed E-state index contributed by atoms with van der Waals surface area (Å²) in [5.41, 5.74) is 3.61. The molecule has 0 spiro atoms. The minimum atomic E-state index is -0.299. The van der Waals surface area contributed by atoms with Gasteiger partial charge in [-0.2, -0.15) is 0 Å². The molecule has 2 aromatic rings. The van der Waals surface area contributed by atoms with Gasteiger partial charge >= 0.3 is 6.09 Å². The number of hydrogen-bond acceptors (Lipinski definition) is 4. The molecule has 2 amide bonds. The first kappa shape index (κ1) is 20.9. The van der Waals surface area contributed by atoms with Gasteiger partial charge in [-0.1, -0.05) is 31.5 Å². The lowest BCUT2D eigenvalue weighted by molar-refractivity contribution is 0.0560. The van der Waals surface area contributed by atoms with Gasteiger partial charge in [-0.15, -0.1) is 0 Å². The van der Waals surface area contributed by atoms with E-state index in [1.165, 1.54) is 0 Å². The fourth-order valence-corrected chi connectivity index (χ4v) is 4.61. The van der Waals surface area contributed by atoms with Crippen molar-refractivity contribution in [1.82, 2.24) is 14.8 Å². The first-order valence-electron chi connectivity index (χ1n) is 10.8. The van der Waals surface area contributed by atoms with E-state index in [1.54, 1.807) is 9.80 Å². The van der Waals surface area contributed by atoms with Gasteiger partial charge < -0.3 is 14.5 Å². The number of carbonyl (C=O) groups excluding carboxylic acids is 2. The van der Waals surface area contributed by atoms with Gasteiger partial charge in [0.05, 0.1) is 17.1 Å². The number of benzene rings is 1. The van der Waals surface area contributed by atoms with E-state index in [2.05, 4.69) is 6.92 Å². The van der Waals surface area contributed by atoms with E-state index in [-0.39, 0.29) is 12.0 Å². The van der Waals surface area contributed by atoms with Crippen molar-refractivity contribution in [2.24, 2.45) is 5.92 Å². The summed E-state index contributed by atoms with van der Waals surface area (Å²) in [6.07, 6.45) is 3.52. The van der Waals surface area contributed by atoms with Crippen molar-refractivity contribution in [2.75, 3.05) is 32.8 Å². The number of nitrogens with zero attached hydrogens (tertiary/aromatic N) is 3. The van der Waals surface area contributed by atoms with E-state index in [0.29, 0.717) is 44.3 Å². The van der Waals surface area contributed by atoms with Crippen LogP contribution in [0.2, 0.25) is 5.02 Å². The second kappa shape index (κ2) is 8.80. The zero-order valence-corrected chi connectivity index (χ0v) is 18.4. The third-order valence-electron chi connectivity index (χ3n) is 6.03. The fraction of sp³-hybridized carbons (Fsp3) is 0.522. The van der Waals surface area contributed by atoms with Crippen LogP contribution in [0.4, 0.5) is 4.79 Å². The Kier molecular flexibility index (Phi) is 6.14. The van der Waals surface area contributed by atoms with Crippen LogP contribution in [0.3, 0.4) is 0 Å². The van der Waals surface area contributed by atoms with Gasteiger partial charge in [0.2, 0.25) is 0 Å². The maximum atomic E-state index is 13.0. The Morgan fingerprint density at radius 3 is 2.67 bits per heavy atom.